The Morgan fingerprint density at radius 3 is 2.95 bits per heavy atom. The minimum atomic E-state index is -0.661. The van der Waals surface area contributed by atoms with Gasteiger partial charge in [0.25, 0.3) is 5.91 Å². The SMILES string of the molecule is C=NC(NC)C(=O)Nc1cnccc1N1CCNCC1. The fraction of sp³-hybridized carbons (Fsp3) is 0.462. The lowest BCUT2D eigenvalue weighted by Gasteiger charge is -2.31. The summed E-state index contributed by atoms with van der Waals surface area (Å²) < 4.78 is 0. The maximum absolute atomic E-state index is 12.0. The molecule has 3 N–H and O–H groups in total. The molecule has 2 rings (SSSR count). The van der Waals surface area contributed by atoms with Crippen LogP contribution in [0.15, 0.2) is 23.5 Å². The summed E-state index contributed by atoms with van der Waals surface area (Å²) in [6, 6.07) is 1.91. The number of nitrogens with zero attached hydrogens (tertiary/aromatic N) is 3. The van der Waals surface area contributed by atoms with E-state index >= 15 is 0 Å². The van der Waals surface area contributed by atoms with Gasteiger partial charge in [0.2, 0.25) is 0 Å². The third-order valence-electron chi connectivity index (χ3n) is 3.22. The van der Waals surface area contributed by atoms with Gasteiger partial charge in [-0.2, -0.15) is 0 Å². The van der Waals surface area contributed by atoms with E-state index in [4.69, 9.17) is 0 Å². The molecule has 0 radical (unpaired) electrons. The van der Waals surface area contributed by atoms with Crippen LogP contribution in [0.4, 0.5) is 11.4 Å². The molecule has 1 aliphatic rings. The normalized spacial score (nSPS) is 16.6. The molecule has 0 bridgehead atoms. The number of piperazine rings is 1. The van der Waals surface area contributed by atoms with Crippen molar-refractivity contribution in [2.45, 2.75) is 6.17 Å². The summed E-state index contributed by atoms with van der Waals surface area (Å²) in [6.45, 7) is 7.08. The van der Waals surface area contributed by atoms with Crippen molar-refractivity contribution in [3.05, 3.63) is 18.5 Å². The van der Waals surface area contributed by atoms with Crippen LogP contribution in [0.1, 0.15) is 0 Å². The molecule has 2 heterocycles. The number of carbonyl (C=O) groups is 1. The maximum Gasteiger partial charge on any atom is 0.264 e. The number of nitrogens with one attached hydrogen (secondary N) is 3. The number of anilines is 2. The smallest absolute Gasteiger partial charge is 0.264 e. The van der Waals surface area contributed by atoms with Gasteiger partial charge in [0.15, 0.2) is 6.17 Å². The van der Waals surface area contributed by atoms with E-state index in [0.717, 1.165) is 31.9 Å². The minimum absolute atomic E-state index is 0.244. The Morgan fingerprint density at radius 1 is 1.55 bits per heavy atom. The van der Waals surface area contributed by atoms with E-state index in [9.17, 15) is 4.79 Å². The van der Waals surface area contributed by atoms with Crippen LogP contribution >= 0.6 is 0 Å². The molecule has 0 spiro atoms. The molecule has 108 valence electrons. The van der Waals surface area contributed by atoms with Crippen molar-refractivity contribution in [2.24, 2.45) is 4.99 Å². The first-order chi connectivity index (χ1) is 9.76. The number of aromatic nitrogens is 1. The molecule has 1 saturated heterocycles. The first-order valence-electron chi connectivity index (χ1n) is 6.60. The summed E-state index contributed by atoms with van der Waals surface area (Å²) in [5, 5.41) is 8.94. The number of hydrogen-bond donors (Lipinski definition) is 3. The summed E-state index contributed by atoms with van der Waals surface area (Å²) >= 11 is 0. The largest absolute Gasteiger partial charge is 0.367 e. The van der Waals surface area contributed by atoms with Gasteiger partial charge in [-0.1, -0.05) is 0 Å². The van der Waals surface area contributed by atoms with Crippen molar-refractivity contribution >= 4 is 24.0 Å². The van der Waals surface area contributed by atoms with Crippen LogP contribution in [0.2, 0.25) is 0 Å². The molecule has 1 atom stereocenters. The van der Waals surface area contributed by atoms with E-state index in [1.54, 1.807) is 19.4 Å². The van der Waals surface area contributed by atoms with Crippen LogP contribution in [0.5, 0.6) is 0 Å². The highest BCUT2D eigenvalue weighted by molar-refractivity contribution is 5.97. The van der Waals surface area contributed by atoms with Gasteiger partial charge >= 0.3 is 0 Å². The number of aliphatic imine (C=N–C) groups is 1. The van der Waals surface area contributed by atoms with Gasteiger partial charge in [-0.3, -0.25) is 20.1 Å². The summed E-state index contributed by atoms with van der Waals surface area (Å²) in [7, 11) is 1.67. The first kappa shape index (κ1) is 14.4. The zero-order valence-corrected chi connectivity index (χ0v) is 11.6. The van der Waals surface area contributed by atoms with Crippen LogP contribution in [0.3, 0.4) is 0 Å². The molecule has 1 fully saturated rings. The number of carbonyl (C=O) groups excluding carboxylic acids is 1. The molecule has 1 amide bonds. The average Bonchev–Trinajstić information content (AvgIpc) is 2.50. The van der Waals surface area contributed by atoms with Crippen LogP contribution in [-0.4, -0.2) is 57.0 Å². The van der Waals surface area contributed by atoms with Gasteiger partial charge in [0.05, 0.1) is 17.6 Å². The first-order valence-corrected chi connectivity index (χ1v) is 6.60. The van der Waals surface area contributed by atoms with E-state index in [-0.39, 0.29) is 5.91 Å². The highest BCUT2D eigenvalue weighted by atomic mass is 16.2. The number of rotatable bonds is 5. The van der Waals surface area contributed by atoms with Crippen LogP contribution < -0.4 is 20.9 Å². The number of amides is 1. The molecule has 1 aromatic rings. The van der Waals surface area contributed by atoms with E-state index in [1.165, 1.54) is 0 Å². The zero-order chi connectivity index (χ0) is 14.4. The highest BCUT2D eigenvalue weighted by Gasteiger charge is 2.18. The molecular formula is C13H20N6O. The monoisotopic (exact) mass is 276 g/mol. The van der Waals surface area contributed by atoms with Crippen molar-refractivity contribution in [2.75, 3.05) is 43.4 Å². The maximum atomic E-state index is 12.0. The molecule has 0 saturated carbocycles. The van der Waals surface area contributed by atoms with Crippen molar-refractivity contribution in [1.82, 2.24) is 15.6 Å². The zero-order valence-electron chi connectivity index (χ0n) is 11.6. The fourth-order valence-corrected chi connectivity index (χ4v) is 2.17. The van der Waals surface area contributed by atoms with E-state index in [0.29, 0.717) is 5.69 Å². The molecule has 20 heavy (non-hydrogen) atoms. The van der Waals surface area contributed by atoms with Crippen LogP contribution in [0, 0.1) is 0 Å². The standard InChI is InChI=1S/C13H20N6O/c1-14-12(15-2)13(20)18-10-9-17-4-3-11(10)19-7-5-16-6-8-19/h3-4,9,12,15-16H,1,5-8H2,2H3,(H,18,20). The summed E-state index contributed by atoms with van der Waals surface area (Å²) in [6.07, 6.45) is 2.73. The van der Waals surface area contributed by atoms with E-state index in [2.05, 4.69) is 37.5 Å². The second kappa shape index (κ2) is 6.97. The van der Waals surface area contributed by atoms with Gasteiger partial charge in [-0.25, -0.2) is 0 Å². The Hall–Kier alpha value is -1.99. The van der Waals surface area contributed by atoms with Gasteiger partial charge in [-0.15, -0.1) is 0 Å². The second-order valence-electron chi connectivity index (χ2n) is 4.49. The third-order valence-corrected chi connectivity index (χ3v) is 3.22. The summed E-state index contributed by atoms with van der Waals surface area (Å²) in [5.74, 6) is -0.244. The third kappa shape index (κ3) is 3.31. The van der Waals surface area contributed by atoms with Crippen molar-refractivity contribution in [3.63, 3.8) is 0 Å². The van der Waals surface area contributed by atoms with Crippen molar-refractivity contribution in [1.29, 1.82) is 0 Å². The predicted molar refractivity (Wildman–Crippen MR) is 80.3 cm³/mol. The topological polar surface area (TPSA) is 81.6 Å². The van der Waals surface area contributed by atoms with E-state index in [1.807, 2.05) is 6.07 Å². The van der Waals surface area contributed by atoms with Crippen LogP contribution in [-0.2, 0) is 4.79 Å². The quantitative estimate of drug-likeness (QED) is 0.642. The summed E-state index contributed by atoms with van der Waals surface area (Å²) in [4.78, 5) is 22.1. The lowest BCUT2D eigenvalue weighted by atomic mass is 10.2. The Labute approximate surface area is 118 Å². The lowest BCUT2D eigenvalue weighted by molar-refractivity contribution is -0.117. The minimum Gasteiger partial charge on any atom is -0.367 e. The highest BCUT2D eigenvalue weighted by Crippen LogP contribution is 2.24. The fourth-order valence-electron chi connectivity index (χ4n) is 2.17. The second-order valence-corrected chi connectivity index (χ2v) is 4.49. The Morgan fingerprint density at radius 2 is 2.30 bits per heavy atom. The molecule has 0 aliphatic carbocycles. The van der Waals surface area contributed by atoms with Gasteiger partial charge in [0.1, 0.15) is 0 Å². The molecule has 7 heteroatoms. The lowest BCUT2D eigenvalue weighted by Crippen LogP contribution is -2.44. The molecule has 1 unspecified atom stereocenters. The Kier molecular flexibility index (Phi) is 5.03. The van der Waals surface area contributed by atoms with Gasteiger partial charge < -0.3 is 15.5 Å². The molecule has 0 aromatic carbocycles. The van der Waals surface area contributed by atoms with E-state index < -0.39 is 6.17 Å². The van der Waals surface area contributed by atoms with Crippen molar-refractivity contribution in [3.8, 4) is 0 Å². The molecular weight excluding hydrogens is 256 g/mol. The van der Waals surface area contributed by atoms with Crippen LogP contribution in [0.25, 0.3) is 0 Å². The Balaban J connectivity index is 2.15. The Bertz CT molecular complexity index is 472. The predicted octanol–water partition coefficient (Wildman–Crippen LogP) is -0.324. The number of pyridine rings is 1. The van der Waals surface area contributed by atoms with Gasteiger partial charge in [0, 0.05) is 32.4 Å². The summed E-state index contributed by atoms with van der Waals surface area (Å²) in [5.41, 5.74) is 1.68. The molecule has 7 nitrogen and oxygen atoms in total. The average molecular weight is 276 g/mol. The van der Waals surface area contributed by atoms with Crippen molar-refractivity contribution < 1.29 is 4.79 Å². The molecule has 1 aromatic heterocycles. The van der Waals surface area contributed by atoms with Gasteiger partial charge in [-0.05, 0) is 19.8 Å². The molecule has 1 aliphatic heterocycles. The number of hydrogen-bond acceptors (Lipinski definition) is 6. The number of likely N-dealkylation sites (N-methyl/N-ethyl adjacent to an activating group) is 1.